The number of fused-ring (bicyclic) bond motifs is 3. The van der Waals surface area contributed by atoms with E-state index in [0.717, 1.165) is 12.8 Å². The molecule has 6 unspecified atom stereocenters. The van der Waals surface area contributed by atoms with Gasteiger partial charge >= 0.3 is 0 Å². The van der Waals surface area contributed by atoms with Gasteiger partial charge in [-0.2, -0.15) is 44.6 Å². The molecule has 3 rings (SSSR count). The Labute approximate surface area is 150 Å². The fourth-order valence-electron chi connectivity index (χ4n) is 4.33. The Morgan fingerprint density at radius 2 is 1.08 bits per heavy atom. The Kier molecular flexibility index (Phi) is 4.64. The SMILES string of the molecule is CC1CC2C(=C(C#N)C#N)C(=C(C#N)C#N)C3CC(C)SC3C2S1. The van der Waals surface area contributed by atoms with E-state index < -0.39 is 0 Å². The van der Waals surface area contributed by atoms with Crippen LogP contribution in [0.15, 0.2) is 22.3 Å². The van der Waals surface area contributed by atoms with Crippen LogP contribution < -0.4 is 0 Å². The van der Waals surface area contributed by atoms with Gasteiger partial charge in [-0.05, 0) is 24.0 Å². The third-order valence-electron chi connectivity index (χ3n) is 5.09. The molecule has 2 heterocycles. The summed E-state index contributed by atoms with van der Waals surface area (Å²) in [5.74, 6) is 0.176. The van der Waals surface area contributed by atoms with E-state index >= 15 is 0 Å². The zero-order valence-electron chi connectivity index (χ0n) is 13.5. The molecule has 0 aromatic rings. The molecular weight excluding hydrogens is 336 g/mol. The molecular formula is C18H16N4S2. The van der Waals surface area contributed by atoms with Gasteiger partial charge in [-0.3, -0.25) is 0 Å². The standard InChI is InChI=1S/C18H16N4S2/c1-9-3-13-15(11(5-19)6-20)16(12(7-21)8-22)14-4-10(2)24-18(14)17(13)23-9/h9-10,13-14,17-18H,3-4H2,1-2H3. The number of nitriles is 4. The maximum atomic E-state index is 9.47. The lowest BCUT2D eigenvalue weighted by Gasteiger charge is -2.39. The molecule has 2 saturated heterocycles. The zero-order valence-corrected chi connectivity index (χ0v) is 15.1. The molecule has 4 nitrogen and oxygen atoms in total. The van der Waals surface area contributed by atoms with E-state index in [1.807, 2.05) is 47.8 Å². The number of hydrogen-bond acceptors (Lipinski definition) is 6. The van der Waals surface area contributed by atoms with Crippen LogP contribution in [-0.4, -0.2) is 21.0 Å². The quantitative estimate of drug-likeness (QED) is 0.617. The Morgan fingerprint density at radius 1 is 0.750 bits per heavy atom. The molecule has 0 N–H and O–H groups in total. The predicted octanol–water partition coefficient (Wildman–Crippen LogP) is 3.71. The van der Waals surface area contributed by atoms with Crippen LogP contribution in [0.4, 0.5) is 0 Å². The molecule has 0 amide bonds. The van der Waals surface area contributed by atoms with E-state index in [1.54, 1.807) is 0 Å². The first-order valence-electron chi connectivity index (χ1n) is 7.95. The fraction of sp³-hybridized carbons (Fsp3) is 0.556. The van der Waals surface area contributed by atoms with E-state index in [4.69, 9.17) is 0 Å². The molecule has 1 aliphatic carbocycles. The summed E-state index contributed by atoms with van der Waals surface area (Å²) in [5.41, 5.74) is 1.55. The van der Waals surface area contributed by atoms with Gasteiger partial charge in [0.25, 0.3) is 0 Å². The average molecular weight is 352 g/mol. The highest BCUT2D eigenvalue weighted by molar-refractivity contribution is 8.04. The van der Waals surface area contributed by atoms with Crippen LogP contribution in [0.3, 0.4) is 0 Å². The number of thioether (sulfide) groups is 2. The normalized spacial score (nSPS) is 36.6. The number of nitrogens with zero attached hydrogens (tertiary/aromatic N) is 4. The molecule has 3 aliphatic rings. The van der Waals surface area contributed by atoms with E-state index in [9.17, 15) is 21.0 Å². The first-order valence-corrected chi connectivity index (χ1v) is 9.84. The Bertz CT molecular complexity index is 699. The van der Waals surface area contributed by atoms with Crippen LogP contribution in [0, 0.1) is 57.2 Å². The average Bonchev–Trinajstić information content (AvgIpc) is 3.13. The maximum absolute atomic E-state index is 9.47. The smallest absolute Gasteiger partial charge is 0.133 e. The van der Waals surface area contributed by atoms with Crippen molar-refractivity contribution in [2.24, 2.45) is 11.8 Å². The summed E-state index contributed by atoms with van der Waals surface area (Å²) < 4.78 is 0. The van der Waals surface area contributed by atoms with Crippen LogP contribution in [0.25, 0.3) is 0 Å². The molecule has 6 heteroatoms. The minimum atomic E-state index is 0.0840. The summed E-state index contributed by atoms with van der Waals surface area (Å²) in [7, 11) is 0. The second kappa shape index (κ2) is 6.57. The molecule has 1 saturated carbocycles. The van der Waals surface area contributed by atoms with Crippen molar-refractivity contribution in [2.75, 3.05) is 0 Å². The van der Waals surface area contributed by atoms with Gasteiger partial charge < -0.3 is 0 Å². The van der Waals surface area contributed by atoms with Crippen LogP contribution in [-0.2, 0) is 0 Å². The lowest BCUT2D eigenvalue weighted by Crippen LogP contribution is -2.38. The van der Waals surface area contributed by atoms with Crippen molar-refractivity contribution >= 4 is 23.5 Å². The van der Waals surface area contributed by atoms with Crippen LogP contribution in [0.1, 0.15) is 26.7 Å². The predicted molar refractivity (Wildman–Crippen MR) is 94.4 cm³/mol. The van der Waals surface area contributed by atoms with E-state index in [0.29, 0.717) is 32.1 Å². The third kappa shape index (κ3) is 2.52. The molecule has 0 bridgehead atoms. The summed E-state index contributed by atoms with van der Waals surface area (Å²) in [6, 6.07) is 8.09. The second-order valence-corrected chi connectivity index (χ2v) is 9.77. The molecule has 0 spiro atoms. The number of allylic oxidation sites excluding steroid dienone is 4. The Balaban J connectivity index is 2.29. The fourth-order valence-corrected chi connectivity index (χ4v) is 7.99. The molecule has 0 aromatic carbocycles. The lowest BCUT2D eigenvalue weighted by atomic mass is 9.68. The monoisotopic (exact) mass is 352 g/mol. The Morgan fingerprint density at radius 3 is 1.38 bits per heavy atom. The topological polar surface area (TPSA) is 95.2 Å². The third-order valence-corrected chi connectivity index (χ3v) is 8.44. The van der Waals surface area contributed by atoms with Gasteiger partial charge in [0.2, 0.25) is 0 Å². The largest absolute Gasteiger partial charge is 0.192 e. The zero-order chi connectivity index (χ0) is 17.4. The van der Waals surface area contributed by atoms with E-state index in [-0.39, 0.29) is 23.0 Å². The highest BCUT2D eigenvalue weighted by Crippen LogP contribution is 2.60. The summed E-state index contributed by atoms with van der Waals surface area (Å²) in [6.45, 7) is 4.35. The van der Waals surface area contributed by atoms with E-state index in [2.05, 4.69) is 13.8 Å². The molecule has 120 valence electrons. The minimum absolute atomic E-state index is 0.0840. The Hall–Kier alpha value is -1.86. The van der Waals surface area contributed by atoms with Crippen molar-refractivity contribution in [1.29, 1.82) is 21.0 Å². The highest BCUT2D eigenvalue weighted by Gasteiger charge is 2.54. The van der Waals surface area contributed by atoms with Crippen molar-refractivity contribution in [2.45, 2.75) is 47.7 Å². The van der Waals surface area contributed by atoms with Crippen molar-refractivity contribution < 1.29 is 0 Å². The minimum Gasteiger partial charge on any atom is -0.192 e. The van der Waals surface area contributed by atoms with Gasteiger partial charge in [0.1, 0.15) is 35.4 Å². The summed E-state index contributed by atoms with van der Waals surface area (Å²) in [6.07, 6.45) is 1.78. The van der Waals surface area contributed by atoms with E-state index in [1.165, 1.54) is 0 Å². The second-order valence-electron chi connectivity index (χ2n) is 6.53. The van der Waals surface area contributed by atoms with Gasteiger partial charge in [-0.1, -0.05) is 13.8 Å². The summed E-state index contributed by atoms with van der Waals surface area (Å²) in [4.78, 5) is 0. The van der Waals surface area contributed by atoms with Crippen LogP contribution in [0.5, 0.6) is 0 Å². The van der Waals surface area contributed by atoms with Gasteiger partial charge in [-0.25, -0.2) is 0 Å². The summed E-state index contributed by atoms with van der Waals surface area (Å²) >= 11 is 3.87. The van der Waals surface area contributed by atoms with Gasteiger partial charge in [0.05, 0.1) is 0 Å². The first-order chi connectivity index (χ1) is 11.5. The first kappa shape index (κ1) is 17.0. The van der Waals surface area contributed by atoms with Gasteiger partial charge in [0.15, 0.2) is 0 Å². The molecule has 0 radical (unpaired) electrons. The van der Waals surface area contributed by atoms with Crippen molar-refractivity contribution in [3.05, 3.63) is 22.3 Å². The van der Waals surface area contributed by atoms with Gasteiger partial charge in [-0.15, -0.1) is 0 Å². The number of hydrogen-bond donors (Lipinski definition) is 0. The van der Waals surface area contributed by atoms with Crippen LogP contribution in [0.2, 0.25) is 0 Å². The van der Waals surface area contributed by atoms with Gasteiger partial charge in [0, 0.05) is 32.8 Å². The molecule has 3 fully saturated rings. The maximum Gasteiger partial charge on any atom is 0.133 e. The molecule has 24 heavy (non-hydrogen) atoms. The van der Waals surface area contributed by atoms with Crippen molar-refractivity contribution in [1.82, 2.24) is 0 Å². The summed E-state index contributed by atoms with van der Waals surface area (Å²) in [5, 5.41) is 39.5. The molecule has 2 aliphatic heterocycles. The molecule has 0 aromatic heterocycles. The molecule has 6 atom stereocenters. The van der Waals surface area contributed by atoms with Crippen molar-refractivity contribution in [3.63, 3.8) is 0 Å². The lowest BCUT2D eigenvalue weighted by molar-refractivity contribution is 0.438. The number of rotatable bonds is 0. The van der Waals surface area contributed by atoms with Crippen LogP contribution >= 0.6 is 23.5 Å². The van der Waals surface area contributed by atoms with Crippen molar-refractivity contribution in [3.8, 4) is 24.3 Å². The highest BCUT2D eigenvalue weighted by atomic mass is 32.2.